The number of ether oxygens (including phenoxy) is 3. The third-order valence-electron chi connectivity index (χ3n) is 4.98. The molecule has 0 spiro atoms. The monoisotopic (exact) mass is 376 g/mol. The van der Waals surface area contributed by atoms with Gasteiger partial charge in [-0.05, 0) is 30.3 Å². The van der Waals surface area contributed by atoms with Crippen molar-refractivity contribution in [1.82, 2.24) is 4.57 Å². The van der Waals surface area contributed by atoms with E-state index >= 15 is 0 Å². The molecule has 0 bridgehead atoms. The van der Waals surface area contributed by atoms with Gasteiger partial charge in [0.2, 0.25) is 0 Å². The molecule has 6 heteroatoms. The van der Waals surface area contributed by atoms with Crippen LogP contribution in [0.1, 0.15) is 11.1 Å². The molecule has 0 saturated heterocycles. The van der Waals surface area contributed by atoms with Crippen LogP contribution in [-0.2, 0) is 11.9 Å². The highest BCUT2D eigenvalue weighted by molar-refractivity contribution is 6.30. The summed E-state index contributed by atoms with van der Waals surface area (Å²) < 4.78 is 18.6. The van der Waals surface area contributed by atoms with Gasteiger partial charge >= 0.3 is 0 Å². The van der Waals surface area contributed by atoms with Crippen molar-refractivity contribution < 1.29 is 19.0 Å². The highest BCUT2D eigenvalue weighted by Gasteiger charge is 2.33. The lowest BCUT2D eigenvalue weighted by atomic mass is 10.1. The average molecular weight is 376 g/mol. The first kappa shape index (κ1) is 17.8. The fourth-order valence-corrected chi connectivity index (χ4v) is 3.74. The van der Waals surface area contributed by atoms with E-state index in [0.29, 0.717) is 17.2 Å². The third kappa shape index (κ3) is 2.48. The molecular weight excluding hydrogens is 356 g/mol. The van der Waals surface area contributed by atoms with E-state index < -0.39 is 0 Å². The Labute approximate surface area is 163 Å². The number of benzene rings is 2. The van der Waals surface area contributed by atoms with E-state index in [9.17, 15) is 0 Å². The van der Waals surface area contributed by atoms with E-state index in [2.05, 4.69) is 15.6 Å². The van der Waals surface area contributed by atoms with E-state index in [-0.39, 0.29) is 6.61 Å². The summed E-state index contributed by atoms with van der Waals surface area (Å²) in [5.41, 5.74) is 5.67. The zero-order valence-electron chi connectivity index (χ0n) is 16.2. The second-order valence-corrected chi connectivity index (χ2v) is 6.34. The maximum atomic E-state index is 5.51. The van der Waals surface area contributed by atoms with Crippen molar-refractivity contribution in [2.45, 2.75) is 0 Å². The first-order valence-electron chi connectivity index (χ1n) is 8.71. The quantitative estimate of drug-likeness (QED) is 0.303. The summed E-state index contributed by atoms with van der Waals surface area (Å²) in [6, 6.07) is 9.86. The molecule has 0 unspecified atom stereocenters. The van der Waals surface area contributed by atoms with Gasteiger partial charge in [-0.2, -0.15) is 0 Å². The number of rotatable bonds is 5. The van der Waals surface area contributed by atoms with Gasteiger partial charge in [-0.15, -0.1) is 6.42 Å². The van der Waals surface area contributed by atoms with Crippen molar-refractivity contribution in [3.8, 4) is 40.8 Å². The standard InChI is InChI=1S/C22H20N2O4/c1-6-9-28-23-21-14-11-18(26-4)19(27-5)12-15(14)22-20(21)16-10-13(25-3)7-8-17(16)24(22)2/h1,7-8,10-12H,9H2,2-5H3. The minimum atomic E-state index is 0.0928. The lowest BCUT2D eigenvalue weighted by molar-refractivity contribution is 0.180. The predicted molar refractivity (Wildman–Crippen MR) is 108 cm³/mol. The number of aryl methyl sites for hydroxylation is 1. The van der Waals surface area contributed by atoms with Gasteiger partial charge in [0.15, 0.2) is 18.1 Å². The summed E-state index contributed by atoms with van der Waals surface area (Å²) in [4.78, 5) is 5.36. The molecule has 1 aromatic heterocycles. The third-order valence-corrected chi connectivity index (χ3v) is 4.98. The van der Waals surface area contributed by atoms with Crippen LogP contribution in [-0.4, -0.2) is 38.2 Å². The first-order chi connectivity index (χ1) is 13.6. The van der Waals surface area contributed by atoms with Gasteiger partial charge in [0.05, 0.1) is 27.0 Å². The molecule has 0 saturated carbocycles. The van der Waals surface area contributed by atoms with Crippen LogP contribution in [0.5, 0.6) is 17.2 Å². The van der Waals surface area contributed by atoms with E-state index in [1.54, 1.807) is 21.3 Å². The molecule has 1 aliphatic carbocycles. The Bertz CT molecular complexity index is 1150. The largest absolute Gasteiger partial charge is 0.497 e. The molecule has 1 aliphatic rings. The summed E-state index contributed by atoms with van der Waals surface area (Å²) >= 11 is 0. The van der Waals surface area contributed by atoms with Gasteiger partial charge < -0.3 is 23.6 Å². The highest BCUT2D eigenvalue weighted by atomic mass is 16.6. The van der Waals surface area contributed by atoms with Crippen LogP contribution < -0.4 is 14.2 Å². The number of hydrogen-bond acceptors (Lipinski definition) is 5. The lowest BCUT2D eigenvalue weighted by Gasteiger charge is -2.12. The van der Waals surface area contributed by atoms with Crippen LogP contribution in [0.3, 0.4) is 0 Å². The van der Waals surface area contributed by atoms with Gasteiger partial charge in [-0.25, -0.2) is 0 Å². The fraction of sp³-hybridized carbons (Fsp3) is 0.227. The van der Waals surface area contributed by atoms with Gasteiger partial charge in [-0.3, -0.25) is 0 Å². The van der Waals surface area contributed by atoms with Crippen molar-refractivity contribution >= 4 is 16.6 Å². The molecule has 0 fully saturated rings. The molecule has 0 aliphatic heterocycles. The van der Waals surface area contributed by atoms with E-state index in [4.69, 9.17) is 25.5 Å². The Kier molecular flexibility index (Phi) is 4.36. The predicted octanol–water partition coefficient (Wildman–Crippen LogP) is 3.59. The summed E-state index contributed by atoms with van der Waals surface area (Å²) in [6.45, 7) is 0.0928. The van der Waals surface area contributed by atoms with Crippen LogP contribution in [0.15, 0.2) is 35.5 Å². The number of aromatic nitrogens is 1. The zero-order valence-corrected chi connectivity index (χ0v) is 16.2. The smallest absolute Gasteiger partial charge is 0.177 e. The minimum Gasteiger partial charge on any atom is -0.497 e. The van der Waals surface area contributed by atoms with Gasteiger partial charge in [0.25, 0.3) is 0 Å². The van der Waals surface area contributed by atoms with Gasteiger partial charge in [0.1, 0.15) is 11.5 Å². The van der Waals surface area contributed by atoms with Gasteiger partial charge in [0, 0.05) is 34.6 Å². The van der Waals surface area contributed by atoms with Crippen molar-refractivity contribution in [2.75, 3.05) is 27.9 Å². The molecule has 28 heavy (non-hydrogen) atoms. The van der Waals surface area contributed by atoms with Crippen molar-refractivity contribution in [3.05, 3.63) is 41.5 Å². The molecule has 4 rings (SSSR count). The summed E-state index contributed by atoms with van der Waals surface area (Å²) in [6.07, 6.45) is 5.32. The van der Waals surface area contributed by atoms with E-state index in [1.165, 1.54) is 0 Å². The maximum Gasteiger partial charge on any atom is 0.177 e. The van der Waals surface area contributed by atoms with E-state index in [0.717, 1.165) is 39.0 Å². The molecule has 1 heterocycles. The second-order valence-electron chi connectivity index (χ2n) is 6.34. The summed E-state index contributed by atoms with van der Waals surface area (Å²) in [7, 11) is 6.91. The number of fused-ring (bicyclic) bond motifs is 5. The normalized spacial score (nSPS) is 13.2. The Hall–Kier alpha value is -3.59. The summed E-state index contributed by atoms with van der Waals surface area (Å²) in [5.74, 6) is 4.49. The molecule has 0 amide bonds. The maximum absolute atomic E-state index is 5.51. The van der Waals surface area contributed by atoms with Crippen molar-refractivity contribution in [1.29, 1.82) is 0 Å². The Morgan fingerprint density at radius 1 is 1.00 bits per heavy atom. The molecule has 0 radical (unpaired) electrons. The zero-order chi connectivity index (χ0) is 19.8. The van der Waals surface area contributed by atoms with Gasteiger partial charge in [-0.1, -0.05) is 11.1 Å². The second kappa shape index (κ2) is 6.86. The summed E-state index contributed by atoms with van der Waals surface area (Å²) in [5, 5.41) is 5.39. The fourth-order valence-electron chi connectivity index (χ4n) is 3.74. The van der Waals surface area contributed by atoms with Crippen LogP contribution in [0, 0.1) is 12.3 Å². The minimum absolute atomic E-state index is 0.0928. The van der Waals surface area contributed by atoms with Crippen molar-refractivity contribution in [2.24, 2.45) is 12.2 Å². The molecule has 2 aromatic carbocycles. The number of oxime groups is 1. The Morgan fingerprint density at radius 3 is 2.36 bits per heavy atom. The molecule has 0 atom stereocenters. The average Bonchev–Trinajstić information content (AvgIpc) is 3.19. The lowest BCUT2D eigenvalue weighted by Crippen LogP contribution is -2.02. The van der Waals surface area contributed by atoms with Crippen LogP contribution in [0.4, 0.5) is 0 Å². The van der Waals surface area contributed by atoms with E-state index in [1.807, 2.05) is 37.4 Å². The Morgan fingerprint density at radius 2 is 1.71 bits per heavy atom. The van der Waals surface area contributed by atoms with Crippen LogP contribution in [0.2, 0.25) is 0 Å². The highest BCUT2D eigenvalue weighted by Crippen LogP contribution is 2.47. The van der Waals surface area contributed by atoms with Crippen LogP contribution >= 0.6 is 0 Å². The molecule has 142 valence electrons. The number of terminal acetylenes is 1. The molecule has 6 nitrogen and oxygen atoms in total. The number of methoxy groups -OCH3 is 3. The number of nitrogens with zero attached hydrogens (tertiary/aromatic N) is 2. The molecule has 3 aromatic rings. The molecular formula is C22H20N2O4. The molecule has 0 N–H and O–H groups in total. The number of hydrogen-bond donors (Lipinski definition) is 0. The first-order valence-corrected chi connectivity index (χ1v) is 8.71. The Balaban J connectivity index is 2.06. The topological polar surface area (TPSA) is 54.2 Å². The SMILES string of the molecule is C#CCON=C1c2cc(OC)c(OC)cc2-c2c1c1cc(OC)ccc1n2C. The van der Waals surface area contributed by atoms with Crippen molar-refractivity contribution in [3.63, 3.8) is 0 Å². The van der Waals surface area contributed by atoms with Crippen LogP contribution in [0.25, 0.3) is 22.2 Å².